The molecule has 0 saturated carbocycles. The Hall–Kier alpha value is -3.73. The molecule has 5 nitrogen and oxygen atoms in total. The van der Waals surface area contributed by atoms with Crippen molar-refractivity contribution in [3.8, 4) is 5.69 Å². The summed E-state index contributed by atoms with van der Waals surface area (Å²) in [6.07, 6.45) is 0.315. The van der Waals surface area contributed by atoms with E-state index >= 15 is 0 Å². The van der Waals surface area contributed by atoms with Crippen LogP contribution in [0, 0.1) is 13.8 Å². The molecule has 0 unspecified atom stereocenters. The van der Waals surface area contributed by atoms with Gasteiger partial charge in [-0.2, -0.15) is 0 Å². The molecule has 0 radical (unpaired) electrons. The average Bonchev–Trinajstić information content (AvgIpc) is 2.71. The van der Waals surface area contributed by atoms with Gasteiger partial charge >= 0.3 is 0 Å². The van der Waals surface area contributed by atoms with Crippen LogP contribution < -0.4 is 10.9 Å². The lowest BCUT2D eigenvalue weighted by Gasteiger charge is -2.12. The number of hydrogen-bond donors (Lipinski definition) is 1. The minimum absolute atomic E-state index is 0.0812. The maximum atomic E-state index is 12.9. The number of fused-ring (bicyclic) bond motifs is 1. The van der Waals surface area contributed by atoms with Gasteiger partial charge in [-0.15, -0.1) is 0 Å². The summed E-state index contributed by atoms with van der Waals surface area (Å²) in [4.78, 5) is 29.7. The van der Waals surface area contributed by atoms with Crippen molar-refractivity contribution in [3.05, 3.63) is 100 Å². The second-order valence-corrected chi connectivity index (χ2v) is 7.07. The first-order valence-corrected chi connectivity index (χ1v) is 9.45. The maximum absolute atomic E-state index is 12.9. The number of para-hydroxylation sites is 1. The largest absolute Gasteiger partial charge is 0.326 e. The summed E-state index contributed by atoms with van der Waals surface area (Å²) in [5.74, 6) is 0.534. The van der Waals surface area contributed by atoms with Crippen molar-refractivity contribution in [3.63, 3.8) is 0 Å². The Balaban J connectivity index is 1.55. The van der Waals surface area contributed by atoms with Crippen molar-refractivity contribution < 1.29 is 4.79 Å². The summed E-state index contributed by atoms with van der Waals surface area (Å²) < 4.78 is 1.58. The number of amides is 1. The van der Waals surface area contributed by atoms with E-state index in [9.17, 15) is 9.59 Å². The van der Waals surface area contributed by atoms with Crippen LogP contribution in [0.3, 0.4) is 0 Å². The van der Waals surface area contributed by atoms with Crippen LogP contribution in [0.1, 0.15) is 17.0 Å². The van der Waals surface area contributed by atoms with E-state index in [2.05, 4.69) is 10.3 Å². The standard InChI is InChI=1S/C24H21N3O2/c1-16-7-9-18(10-8-16)15-23(28)26-19-11-13-20(14-12-19)27-17(2)25-22-6-4-3-5-21(22)24(27)29/h3-14H,15H2,1-2H3,(H,26,28). The Labute approximate surface area is 168 Å². The van der Waals surface area contributed by atoms with E-state index in [1.165, 1.54) is 5.56 Å². The van der Waals surface area contributed by atoms with E-state index in [1.54, 1.807) is 22.8 Å². The smallest absolute Gasteiger partial charge is 0.265 e. The van der Waals surface area contributed by atoms with Gasteiger partial charge in [-0.25, -0.2) is 4.98 Å². The highest BCUT2D eigenvalue weighted by atomic mass is 16.1. The Morgan fingerprint density at radius 2 is 1.62 bits per heavy atom. The van der Waals surface area contributed by atoms with Gasteiger partial charge in [-0.3, -0.25) is 14.2 Å². The molecule has 0 saturated heterocycles. The highest BCUT2D eigenvalue weighted by Crippen LogP contribution is 2.16. The Morgan fingerprint density at radius 1 is 0.931 bits per heavy atom. The molecule has 4 aromatic rings. The van der Waals surface area contributed by atoms with E-state index in [0.29, 0.717) is 34.5 Å². The molecule has 144 valence electrons. The molecule has 1 heterocycles. The van der Waals surface area contributed by atoms with Gasteiger partial charge in [-0.1, -0.05) is 42.0 Å². The molecule has 1 amide bonds. The van der Waals surface area contributed by atoms with Crippen molar-refractivity contribution in [1.82, 2.24) is 9.55 Å². The van der Waals surface area contributed by atoms with Crippen LogP contribution in [-0.4, -0.2) is 15.5 Å². The van der Waals surface area contributed by atoms with Crippen molar-refractivity contribution in [2.45, 2.75) is 20.3 Å². The van der Waals surface area contributed by atoms with E-state index in [0.717, 1.165) is 5.56 Å². The number of aromatic nitrogens is 2. The Kier molecular flexibility index (Phi) is 4.96. The van der Waals surface area contributed by atoms with E-state index in [-0.39, 0.29) is 11.5 Å². The van der Waals surface area contributed by atoms with Crippen LogP contribution in [0.15, 0.2) is 77.6 Å². The van der Waals surface area contributed by atoms with Crippen molar-refractivity contribution >= 4 is 22.5 Å². The van der Waals surface area contributed by atoms with Gasteiger partial charge < -0.3 is 5.32 Å². The number of nitrogens with zero attached hydrogens (tertiary/aromatic N) is 2. The predicted octanol–water partition coefficient (Wildman–Crippen LogP) is 4.18. The highest BCUT2D eigenvalue weighted by molar-refractivity contribution is 5.92. The number of aryl methyl sites for hydroxylation is 2. The molecule has 4 rings (SSSR count). The normalized spacial score (nSPS) is 10.8. The van der Waals surface area contributed by atoms with Crippen LogP contribution >= 0.6 is 0 Å². The fraction of sp³-hybridized carbons (Fsp3) is 0.125. The number of nitrogens with one attached hydrogen (secondary N) is 1. The predicted molar refractivity (Wildman–Crippen MR) is 116 cm³/mol. The van der Waals surface area contributed by atoms with Crippen LogP contribution in [0.25, 0.3) is 16.6 Å². The van der Waals surface area contributed by atoms with E-state index in [4.69, 9.17) is 0 Å². The molecule has 0 aliphatic rings. The number of benzene rings is 3. The number of hydrogen-bond acceptors (Lipinski definition) is 3. The molecular weight excluding hydrogens is 362 g/mol. The van der Waals surface area contributed by atoms with Crippen LogP contribution in [0.5, 0.6) is 0 Å². The molecule has 0 bridgehead atoms. The monoisotopic (exact) mass is 383 g/mol. The molecule has 0 atom stereocenters. The molecule has 0 aliphatic heterocycles. The summed E-state index contributed by atoms with van der Waals surface area (Å²) >= 11 is 0. The maximum Gasteiger partial charge on any atom is 0.265 e. The van der Waals surface area contributed by atoms with Crippen molar-refractivity contribution in [2.75, 3.05) is 5.32 Å². The molecule has 1 aromatic heterocycles. The molecular formula is C24H21N3O2. The molecule has 3 aromatic carbocycles. The lowest BCUT2D eigenvalue weighted by Crippen LogP contribution is -2.22. The first kappa shape index (κ1) is 18.6. The SMILES string of the molecule is Cc1ccc(CC(=O)Nc2ccc(-n3c(C)nc4ccccc4c3=O)cc2)cc1. The zero-order valence-electron chi connectivity index (χ0n) is 16.3. The van der Waals surface area contributed by atoms with Gasteiger partial charge in [0.2, 0.25) is 5.91 Å². The average molecular weight is 383 g/mol. The van der Waals surface area contributed by atoms with Crippen molar-refractivity contribution in [1.29, 1.82) is 0 Å². The van der Waals surface area contributed by atoms with E-state index < -0.39 is 0 Å². The topological polar surface area (TPSA) is 64.0 Å². The second kappa shape index (κ2) is 7.72. The molecule has 1 N–H and O–H groups in total. The van der Waals surface area contributed by atoms with Gasteiger partial charge in [0.15, 0.2) is 0 Å². The number of carbonyl (C=O) groups is 1. The number of carbonyl (C=O) groups excluding carboxylic acids is 1. The summed E-state index contributed by atoms with van der Waals surface area (Å²) in [6.45, 7) is 3.83. The van der Waals surface area contributed by atoms with Gasteiger partial charge in [0, 0.05) is 5.69 Å². The van der Waals surface area contributed by atoms with Crippen LogP contribution in [0.2, 0.25) is 0 Å². The molecule has 0 spiro atoms. The van der Waals surface area contributed by atoms with Gasteiger partial charge in [0.05, 0.1) is 23.0 Å². The molecule has 0 aliphatic carbocycles. The number of anilines is 1. The second-order valence-electron chi connectivity index (χ2n) is 7.07. The fourth-order valence-electron chi connectivity index (χ4n) is 3.34. The van der Waals surface area contributed by atoms with Crippen molar-refractivity contribution in [2.24, 2.45) is 0 Å². The van der Waals surface area contributed by atoms with Gasteiger partial charge in [0.1, 0.15) is 5.82 Å². The number of rotatable bonds is 4. The molecule has 0 fully saturated rings. The Bertz CT molecular complexity index is 1240. The third-order valence-corrected chi connectivity index (χ3v) is 4.84. The van der Waals surface area contributed by atoms with Crippen LogP contribution in [-0.2, 0) is 11.2 Å². The lowest BCUT2D eigenvalue weighted by atomic mass is 10.1. The minimum Gasteiger partial charge on any atom is -0.326 e. The summed E-state index contributed by atoms with van der Waals surface area (Å²) in [6, 6.07) is 22.4. The molecule has 29 heavy (non-hydrogen) atoms. The van der Waals surface area contributed by atoms with Gasteiger partial charge in [0.25, 0.3) is 5.56 Å². The third kappa shape index (κ3) is 3.94. The zero-order chi connectivity index (χ0) is 20.4. The summed E-state index contributed by atoms with van der Waals surface area (Å²) in [5.41, 5.74) is 4.11. The Morgan fingerprint density at radius 3 is 2.34 bits per heavy atom. The summed E-state index contributed by atoms with van der Waals surface area (Å²) in [7, 11) is 0. The summed E-state index contributed by atoms with van der Waals surface area (Å²) in [5, 5.41) is 3.48. The molecule has 5 heteroatoms. The first-order valence-electron chi connectivity index (χ1n) is 9.45. The third-order valence-electron chi connectivity index (χ3n) is 4.84. The van der Waals surface area contributed by atoms with E-state index in [1.807, 2.05) is 68.4 Å². The van der Waals surface area contributed by atoms with Gasteiger partial charge in [-0.05, 0) is 55.8 Å². The highest BCUT2D eigenvalue weighted by Gasteiger charge is 2.10. The lowest BCUT2D eigenvalue weighted by molar-refractivity contribution is -0.115. The first-order chi connectivity index (χ1) is 14.0. The zero-order valence-corrected chi connectivity index (χ0v) is 16.3. The fourth-order valence-corrected chi connectivity index (χ4v) is 3.34. The van der Waals surface area contributed by atoms with Crippen LogP contribution in [0.4, 0.5) is 5.69 Å². The quantitative estimate of drug-likeness (QED) is 0.575. The minimum atomic E-state index is -0.107.